The molecule has 2 heterocycles. The van der Waals surface area contributed by atoms with Crippen molar-refractivity contribution in [1.29, 1.82) is 0 Å². The van der Waals surface area contributed by atoms with Crippen LogP contribution in [0.4, 0.5) is 0 Å². The lowest BCUT2D eigenvalue weighted by molar-refractivity contribution is -0.108. The van der Waals surface area contributed by atoms with E-state index < -0.39 is 0 Å². The zero-order valence-electron chi connectivity index (χ0n) is 23.9. The van der Waals surface area contributed by atoms with E-state index in [0.29, 0.717) is 54.1 Å². The topological polar surface area (TPSA) is 104 Å². The molecule has 2 amide bonds. The highest BCUT2D eigenvalue weighted by atomic mass is 16.5. The van der Waals surface area contributed by atoms with Gasteiger partial charge in [0.15, 0.2) is 0 Å². The summed E-state index contributed by atoms with van der Waals surface area (Å²) in [6, 6.07) is 28.4. The van der Waals surface area contributed by atoms with Gasteiger partial charge in [0.1, 0.15) is 23.5 Å². The number of hydrogen-bond donors (Lipinski definition) is 2. The fourth-order valence-corrected chi connectivity index (χ4v) is 5.04. The Morgan fingerprint density at radius 3 is 2.36 bits per heavy atom. The summed E-state index contributed by atoms with van der Waals surface area (Å²) < 4.78 is 5.90. The summed E-state index contributed by atoms with van der Waals surface area (Å²) in [6.45, 7) is 5.12. The largest absolute Gasteiger partial charge is 0.457 e. The highest BCUT2D eigenvalue weighted by Crippen LogP contribution is 2.45. The maximum absolute atomic E-state index is 12.9. The fourth-order valence-electron chi connectivity index (χ4n) is 5.04. The first-order valence-electron chi connectivity index (χ1n) is 14.4. The van der Waals surface area contributed by atoms with Gasteiger partial charge in [0.2, 0.25) is 0 Å². The Hall–Kier alpha value is -4.72. The number of rotatable bonds is 8. The number of hydrogen-bond acceptors (Lipinski definition) is 5. The Kier molecular flexibility index (Phi) is 9.12. The van der Waals surface area contributed by atoms with Crippen molar-refractivity contribution in [2.24, 2.45) is 5.92 Å². The SMILES string of the molecule is CC(C)c1cc(C(=O)N2CCC(NC(=O)c3ccccc3Oc3ccccc3)C2)n[nH]1.O=CC1CC1c1ccccc1. The van der Waals surface area contributed by atoms with E-state index in [1.54, 1.807) is 29.2 Å². The molecule has 42 heavy (non-hydrogen) atoms. The molecule has 1 aromatic heterocycles. The van der Waals surface area contributed by atoms with E-state index in [1.165, 1.54) is 5.56 Å². The third-order valence-corrected chi connectivity index (χ3v) is 7.59. The normalized spacial score (nSPS) is 19.0. The lowest BCUT2D eigenvalue weighted by Crippen LogP contribution is -2.38. The van der Waals surface area contributed by atoms with Gasteiger partial charge in [-0.05, 0) is 60.6 Å². The van der Waals surface area contributed by atoms with Crippen molar-refractivity contribution in [2.75, 3.05) is 13.1 Å². The van der Waals surface area contributed by atoms with Crippen LogP contribution in [0, 0.1) is 5.92 Å². The standard InChI is InChI=1S/C24H26N4O3.C10H10O/c1-16(2)20-14-21(27-26-20)24(30)28-13-12-17(15-28)25-23(29)19-10-6-7-11-22(19)31-18-8-4-3-5-9-18;11-7-9-6-10(9)8-4-2-1-3-5-8/h3-11,14,16-17H,12-13,15H2,1-2H3,(H,25,29)(H,26,27);1-5,7,9-10H,6H2. The van der Waals surface area contributed by atoms with Crippen molar-refractivity contribution in [1.82, 2.24) is 20.4 Å². The van der Waals surface area contributed by atoms with Crippen LogP contribution in [0.2, 0.25) is 0 Å². The molecule has 2 aliphatic rings. The van der Waals surface area contributed by atoms with Gasteiger partial charge in [-0.1, -0.05) is 74.5 Å². The molecule has 1 aliphatic carbocycles. The molecule has 1 saturated carbocycles. The molecule has 8 nitrogen and oxygen atoms in total. The summed E-state index contributed by atoms with van der Waals surface area (Å²) in [5.41, 5.74) is 3.12. The van der Waals surface area contributed by atoms with E-state index in [-0.39, 0.29) is 23.8 Å². The van der Waals surface area contributed by atoms with Gasteiger partial charge >= 0.3 is 0 Å². The number of para-hydroxylation sites is 2. The molecule has 1 aliphatic heterocycles. The number of aldehydes is 1. The van der Waals surface area contributed by atoms with Crippen molar-refractivity contribution in [2.45, 2.75) is 44.6 Å². The smallest absolute Gasteiger partial charge is 0.274 e. The molecular weight excluding hydrogens is 528 g/mol. The fraction of sp³-hybridized carbons (Fsp3) is 0.294. The summed E-state index contributed by atoms with van der Waals surface area (Å²) in [7, 11) is 0. The van der Waals surface area contributed by atoms with Crippen molar-refractivity contribution in [3.8, 4) is 11.5 Å². The van der Waals surface area contributed by atoms with Crippen LogP contribution in [0.1, 0.15) is 70.6 Å². The first-order valence-corrected chi connectivity index (χ1v) is 14.4. The van der Waals surface area contributed by atoms with Crippen molar-refractivity contribution < 1.29 is 19.1 Å². The molecule has 0 spiro atoms. The summed E-state index contributed by atoms with van der Waals surface area (Å²) in [5, 5.41) is 10.1. The van der Waals surface area contributed by atoms with Crippen LogP contribution in [-0.4, -0.2) is 52.3 Å². The van der Waals surface area contributed by atoms with Gasteiger partial charge < -0.3 is 19.7 Å². The second kappa shape index (κ2) is 13.3. The van der Waals surface area contributed by atoms with Crippen LogP contribution in [0.25, 0.3) is 0 Å². The Labute approximate surface area is 246 Å². The molecule has 0 bridgehead atoms. The minimum absolute atomic E-state index is 0.118. The van der Waals surface area contributed by atoms with Crippen LogP contribution in [0.3, 0.4) is 0 Å². The van der Waals surface area contributed by atoms with E-state index in [9.17, 15) is 14.4 Å². The summed E-state index contributed by atoms with van der Waals surface area (Å²) >= 11 is 0. The second-order valence-corrected chi connectivity index (χ2v) is 11.0. The number of amides is 2. The predicted molar refractivity (Wildman–Crippen MR) is 161 cm³/mol. The van der Waals surface area contributed by atoms with E-state index in [4.69, 9.17) is 4.74 Å². The molecular formula is C34H36N4O4. The molecule has 4 aromatic rings. The molecule has 8 heteroatoms. The summed E-state index contributed by atoms with van der Waals surface area (Å²) in [6.07, 6.45) is 2.81. The maximum Gasteiger partial charge on any atom is 0.274 e. The highest BCUT2D eigenvalue weighted by Gasteiger charge is 2.37. The van der Waals surface area contributed by atoms with Gasteiger partial charge in [0.25, 0.3) is 11.8 Å². The van der Waals surface area contributed by atoms with E-state index in [0.717, 1.165) is 18.4 Å². The Morgan fingerprint density at radius 2 is 1.69 bits per heavy atom. The van der Waals surface area contributed by atoms with Gasteiger partial charge in [-0.3, -0.25) is 14.7 Å². The van der Waals surface area contributed by atoms with Gasteiger partial charge in [0.05, 0.1) is 5.56 Å². The highest BCUT2D eigenvalue weighted by molar-refractivity contribution is 5.97. The number of H-pyrrole nitrogens is 1. The van der Waals surface area contributed by atoms with Crippen molar-refractivity contribution in [3.05, 3.63) is 114 Å². The number of carbonyl (C=O) groups excluding carboxylic acids is 3. The Morgan fingerprint density at radius 1 is 1.00 bits per heavy atom. The van der Waals surface area contributed by atoms with Crippen LogP contribution in [-0.2, 0) is 4.79 Å². The minimum Gasteiger partial charge on any atom is -0.457 e. The number of aromatic nitrogens is 2. The molecule has 6 rings (SSSR count). The van der Waals surface area contributed by atoms with Crippen LogP contribution >= 0.6 is 0 Å². The maximum atomic E-state index is 12.9. The van der Waals surface area contributed by atoms with Gasteiger partial charge in [-0.15, -0.1) is 0 Å². The molecule has 2 fully saturated rings. The Balaban J connectivity index is 0.000000267. The molecule has 3 unspecified atom stereocenters. The first-order chi connectivity index (χ1) is 20.4. The number of nitrogens with one attached hydrogen (secondary N) is 2. The van der Waals surface area contributed by atoms with Crippen molar-refractivity contribution in [3.63, 3.8) is 0 Å². The number of aromatic amines is 1. The van der Waals surface area contributed by atoms with E-state index >= 15 is 0 Å². The number of benzene rings is 3. The third-order valence-electron chi connectivity index (χ3n) is 7.59. The van der Waals surface area contributed by atoms with Gasteiger partial charge in [0, 0.05) is 30.7 Å². The molecule has 3 atom stereocenters. The van der Waals surface area contributed by atoms with Crippen LogP contribution in [0.15, 0.2) is 91.0 Å². The van der Waals surface area contributed by atoms with E-state index in [1.807, 2.05) is 68.4 Å². The van der Waals surface area contributed by atoms with Crippen LogP contribution in [0.5, 0.6) is 11.5 Å². The van der Waals surface area contributed by atoms with Gasteiger partial charge in [-0.25, -0.2) is 0 Å². The Bertz CT molecular complexity index is 1500. The molecule has 3 aromatic carbocycles. The lowest BCUT2D eigenvalue weighted by Gasteiger charge is -2.17. The molecule has 216 valence electrons. The number of likely N-dealkylation sites (tertiary alicyclic amines) is 1. The average molecular weight is 565 g/mol. The monoisotopic (exact) mass is 564 g/mol. The number of ether oxygens (including phenoxy) is 1. The first kappa shape index (κ1) is 28.8. The molecule has 2 N–H and O–H groups in total. The van der Waals surface area contributed by atoms with Crippen molar-refractivity contribution >= 4 is 18.1 Å². The second-order valence-electron chi connectivity index (χ2n) is 11.0. The van der Waals surface area contributed by atoms with E-state index in [2.05, 4.69) is 27.6 Å². The third kappa shape index (κ3) is 7.13. The van der Waals surface area contributed by atoms with Gasteiger partial charge in [-0.2, -0.15) is 5.10 Å². The molecule has 1 saturated heterocycles. The predicted octanol–water partition coefficient (Wildman–Crippen LogP) is 5.96. The average Bonchev–Trinajstić information content (AvgIpc) is 3.38. The summed E-state index contributed by atoms with van der Waals surface area (Å²) in [5.74, 6) is 1.93. The quantitative estimate of drug-likeness (QED) is 0.257. The lowest BCUT2D eigenvalue weighted by atomic mass is 10.1. The van der Waals surface area contributed by atoms with Crippen LogP contribution < -0.4 is 10.1 Å². The number of nitrogens with zero attached hydrogens (tertiary/aromatic N) is 2. The zero-order chi connectivity index (χ0) is 29.5. The molecule has 0 radical (unpaired) electrons. The summed E-state index contributed by atoms with van der Waals surface area (Å²) in [4.78, 5) is 37.8. The zero-order valence-corrected chi connectivity index (χ0v) is 23.9. The minimum atomic E-state index is -0.215. The number of carbonyl (C=O) groups is 3.